The van der Waals surface area contributed by atoms with Crippen molar-refractivity contribution in [2.45, 2.75) is 32.7 Å². The highest BCUT2D eigenvalue weighted by molar-refractivity contribution is 6.31. The Balaban J connectivity index is 2.18. The molecule has 0 radical (unpaired) electrons. The number of halogens is 1. The molecule has 21 heavy (non-hydrogen) atoms. The molecule has 112 valence electrons. The third-order valence-electron chi connectivity index (χ3n) is 3.66. The van der Waals surface area contributed by atoms with Crippen LogP contribution in [0.5, 0.6) is 0 Å². The molecule has 2 aromatic carbocycles. The molecular weight excluding hydrogens is 282 g/mol. The molecule has 0 aliphatic heterocycles. The fourth-order valence-corrected chi connectivity index (χ4v) is 2.57. The van der Waals surface area contributed by atoms with Gasteiger partial charge in [0.25, 0.3) is 0 Å². The van der Waals surface area contributed by atoms with Gasteiger partial charge in [-0.05, 0) is 54.7 Å². The van der Waals surface area contributed by atoms with Crippen molar-refractivity contribution in [2.24, 2.45) is 0 Å². The number of aryl methyl sites for hydroxylation is 1. The molecular formula is C18H22ClNO. The molecule has 2 nitrogen and oxygen atoms in total. The second kappa shape index (κ2) is 7.48. The van der Waals surface area contributed by atoms with Crippen molar-refractivity contribution in [1.29, 1.82) is 0 Å². The van der Waals surface area contributed by atoms with Crippen molar-refractivity contribution in [3.05, 3.63) is 64.2 Å². The number of aliphatic hydroxyl groups excluding tert-OH is 1. The summed E-state index contributed by atoms with van der Waals surface area (Å²) in [5.74, 6) is 0. The summed E-state index contributed by atoms with van der Waals surface area (Å²) in [5.41, 5.74) is 4.57. The zero-order valence-electron chi connectivity index (χ0n) is 12.6. The van der Waals surface area contributed by atoms with Gasteiger partial charge in [0.1, 0.15) is 0 Å². The number of anilines is 1. The first-order valence-electron chi connectivity index (χ1n) is 7.36. The van der Waals surface area contributed by atoms with E-state index in [0.717, 1.165) is 28.3 Å². The summed E-state index contributed by atoms with van der Waals surface area (Å²) in [6.07, 6.45) is 1.68. The molecule has 0 fully saturated rings. The molecule has 0 saturated heterocycles. The molecule has 0 amide bonds. The van der Waals surface area contributed by atoms with Crippen molar-refractivity contribution < 1.29 is 5.11 Å². The van der Waals surface area contributed by atoms with E-state index in [0.29, 0.717) is 6.42 Å². The fraction of sp³-hybridized carbons (Fsp3) is 0.333. The molecule has 0 bridgehead atoms. The molecule has 1 atom stereocenters. The summed E-state index contributed by atoms with van der Waals surface area (Å²) in [7, 11) is 0. The van der Waals surface area contributed by atoms with Crippen molar-refractivity contribution in [3.8, 4) is 0 Å². The van der Waals surface area contributed by atoms with Crippen molar-refractivity contribution >= 4 is 17.3 Å². The Morgan fingerprint density at radius 3 is 2.67 bits per heavy atom. The summed E-state index contributed by atoms with van der Waals surface area (Å²) in [4.78, 5) is 0. The molecule has 0 saturated carbocycles. The van der Waals surface area contributed by atoms with Crippen LogP contribution in [0.4, 0.5) is 5.69 Å². The first-order chi connectivity index (χ1) is 10.1. The third-order valence-corrected chi connectivity index (χ3v) is 4.09. The lowest BCUT2D eigenvalue weighted by Gasteiger charge is -2.20. The van der Waals surface area contributed by atoms with E-state index in [1.807, 2.05) is 25.1 Å². The van der Waals surface area contributed by atoms with Crippen molar-refractivity contribution in [3.63, 3.8) is 0 Å². The maximum absolute atomic E-state index is 9.04. The van der Waals surface area contributed by atoms with Crippen LogP contribution in [0.2, 0.25) is 5.02 Å². The number of aliphatic hydroxyl groups is 1. The maximum atomic E-state index is 9.04. The Bertz CT molecular complexity index is 598. The van der Waals surface area contributed by atoms with Crippen LogP contribution in [0.3, 0.4) is 0 Å². The monoisotopic (exact) mass is 303 g/mol. The van der Waals surface area contributed by atoms with Gasteiger partial charge in [-0.15, -0.1) is 0 Å². The van der Waals surface area contributed by atoms with Gasteiger partial charge in [-0.25, -0.2) is 0 Å². The quantitative estimate of drug-likeness (QED) is 0.807. The Labute approximate surface area is 131 Å². The summed E-state index contributed by atoms with van der Waals surface area (Å²) in [5, 5.41) is 13.4. The second-order valence-electron chi connectivity index (χ2n) is 5.29. The first kappa shape index (κ1) is 15.9. The molecule has 0 heterocycles. The summed E-state index contributed by atoms with van der Waals surface area (Å²) in [6, 6.07) is 14.6. The Kier molecular flexibility index (Phi) is 5.66. The van der Waals surface area contributed by atoms with Crippen LogP contribution in [-0.4, -0.2) is 11.7 Å². The average molecular weight is 304 g/mol. The summed E-state index contributed by atoms with van der Waals surface area (Å²) in [6.45, 7) is 4.37. The van der Waals surface area contributed by atoms with Gasteiger partial charge in [0, 0.05) is 17.3 Å². The summed E-state index contributed by atoms with van der Waals surface area (Å²) >= 11 is 6.10. The zero-order valence-corrected chi connectivity index (χ0v) is 13.3. The minimum atomic E-state index is 0.178. The standard InChI is InChI=1S/C18H22ClNO/c1-3-18(15-7-8-17(19)13(2)11-15)20-16-6-4-5-14(12-16)9-10-21/h4-8,11-12,18,20-21H,3,9-10H2,1-2H3/t18-/m1/s1. The van der Waals surface area contributed by atoms with Gasteiger partial charge in [0.05, 0.1) is 6.04 Å². The van der Waals surface area contributed by atoms with E-state index in [9.17, 15) is 0 Å². The average Bonchev–Trinajstić information content (AvgIpc) is 2.48. The highest BCUT2D eigenvalue weighted by Crippen LogP contribution is 2.26. The largest absolute Gasteiger partial charge is 0.396 e. The van der Waals surface area contributed by atoms with E-state index < -0.39 is 0 Å². The van der Waals surface area contributed by atoms with Crippen LogP contribution in [0.25, 0.3) is 0 Å². The highest BCUT2D eigenvalue weighted by atomic mass is 35.5. The molecule has 2 N–H and O–H groups in total. The molecule has 0 unspecified atom stereocenters. The van der Waals surface area contributed by atoms with Crippen LogP contribution < -0.4 is 5.32 Å². The van der Waals surface area contributed by atoms with E-state index in [1.165, 1.54) is 5.56 Å². The minimum absolute atomic E-state index is 0.178. The van der Waals surface area contributed by atoms with Crippen molar-refractivity contribution in [2.75, 3.05) is 11.9 Å². The van der Waals surface area contributed by atoms with E-state index in [4.69, 9.17) is 16.7 Å². The smallest absolute Gasteiger partial charge is 0.0511 e. The van der Waals surface area contributed by atoms with E-state index in [-0.39, 0.29) is 12.6 Å². The van der Waals surface area contributed by atoms with Crippen LogP contribution in [-0.2, 0) is 6.42 Å². The highest BCUT2D eigenvalue weighted by Gasteiger charge is 2.10. The molecule has 3 heteroatoms. The van der Waals surface area contributed by atoms with Crippen LogP contribution in [0.15, 0.2) is 42.5 Å². The Morgan fingerprint density at radius 2 is 2.00 bits per heavy atom. The predicted octanol–water partition coefficient (Wildman–Crippen LogP) is 4.75. The van der Waals surface area contributed by atoms with Crippen LogP contribution >= 0.6 is 11.6 Å². The van der Waals surface area contributed by atoms with Crippen LogP contribution in [0, 0.1) is 6.92 Å². The van der Waals surface area contributed by atoms with Gasteiger partial charge in [-0.3, -0.25) is 0 Å². The topological polar surface area (TPSA) is 32.3 Å². The Hall–Kier alpha value is -1.51. The Morgan fingerprint density at radius 1 is 1.19 bits per heavy atom. The van der Waals surface area contributed by atoms with Crippen molar-refractivity contribution in [1.82, 2.24) is 0 Å². The number of benzene rings is 2. The molecule has 0 aromatic heterocycles. The van der Waals surface area contributed by atoms with Gasteiger partial charge in [-0.2, -0.15) is 0 Å². The summed E-state index contributed by atoms with van der Waals surface area (Å²) < 4.78 is 0. The lowest BCUT2D eigenvalue weighted by Crippen LogP contribution is -2.10. The number of nitrogens with one attached hydrogen (secondary N) is 1. The van der Waals surface area contributed by atoms with E-state index >= 15 is 0 Å². The first-order valence-corrected chi connectivity index (χ1v) is 7.74. The van der Waals surface area contributed by atoms with Gasteiger partial charge in [0.2, 0.25) is 0 Å². The molecule has 0 aliphatic rings. The number of hydrogen-bond donors (Lipinski definition) is 2. The second-order valence-corrected chi connectivity index (χ2v) is 5.69. The zero-order chi connectivity index (χ0) is 15.2. The van der Waals surface area contributed by atoms with Gasteiger partial charge >= 0.3 is 0 Å². The normalized spacial score (nSPS) is 12.2. The molecule has 2 aromatic rings. The van der Waals surface area contributed by atoms with E-state index in [1.54, 1.807) is 0 Å². The predicted molar refractivity (Wildman–Crippen MR) is 90.1 cm³/mol. The molecule has 0 aliphatic carbocycles. The minimum Gasteiger partial charge on any atom is -0.396 e. The lowest BCUT2D eigenvalue weighted by atomic mass is 10.0. The van der Waals surface area contributed by atoms with E-state index in [2.05, 4.69) is 36.5 Å². The lowest BCUT2D eigenvalue weighted by molar-refractivity contribution is 0.299. The SMILES string of the molecule is CC[C@@H](Nc1cccc(CCO)c1)c1ccc(Cl)c(C)c1. The van der Waals surface area contributed by atoms with Gasteiger partial charge < -0.3 is 10.4 Å². The number of hydrogen-bond acceptors (Lipinski definition) is 2. The fourth-order valence-electron chi connectivity index (χ4n) is 2.45. The number of rotatable bonds is 6. The van der Waals surface area contributed by atoms with Gasteiger partial charge in [-0.1, -0.05) is 42.8 Å². The van der Waals surface area contributed by atoms with Gasteiger partial charge in [0.15, 0.2) is 0 Å². The molecule has 0 spiro atoms. The maximum Gasteiger partial charge on any atom is 0.0511 e. The third kappa shape index (κ3) is 4.23. The molecule has 2 rings (SSSR count). The van der Waals surface area contributed by atoms with Crippen LogP contribution in [0.1, 0.15) is 36.1 Å².